The smallest absolute Gasteiger partial charge is 0.368 e. The molecule has 0 saturated carbocycles. The van der Waals surface area contributed by atoms with Crippen LogP contribution in [-0.4, -0.2) is 31.8 Å². The van der Waals surface area contributed by atoms with E-state index in [2.05, 4.69) is 15.9 Å². The molecule has 0 spiro atoms. The fourth-order valence-electron chi connectivity index (χ4n) is 1.50. The summed E-state index contributed by atoms with van der Waals surface area (Å²) >= 11 is 3.27. The van der Waals surface area contributed by atoms with Gasteiger partial charge >= 0.3 is 5.51 Å². The Hall–Kier alpha value is -0.760. The molecule has 1 aromatic carbocycles. The van der Waals surface area contributed by atoms with Crippen LogP contribution in [0.15, 0.2) is 29.2 Å². The predicted molar refractivity (Wildman–Crippen MR) is 76.0 cm³/mol. The molecule has 0 N–H and O–H groups in total. The summed E-state index contributed by atoms with van der Waals surface area (Å²) in [5.74, 6) is 0. The number of anilines is 1. The van der Waals surface area contributed by atoms with Crippen molar-refractivity contribution in [1.82, 2.24) is 0 Å². The third kappa shape index (κ3) is 3.11. The Kier molecular flexibility index (Phi) is 4.80. The van der Waals surface area contributed by atoms with E-state index in [4.69, 9.17) is 0 Å². The van der Waals surface area contributed by atoms with Gasteiger partial charge in [-0.1, -0.05) is 28.1 Å². The van der Waals surface area contributed by atoms with Crippen LogP contribution in [0.2, 0.25) is 0 Å². The minimum atomic E-state index is -5.38. The lowest BCUT2D eigenvalue weighted by Crippen LogP contribution is -2.43. The molecule has 1 aromatic rings. The number of hydrogen-bond donors (Lipinski definition) is 0. The lowest BCUT2D eigenvalue weighted by atomic mass is 10.1. The molecule has 0 bridgehead atoms. The molecule has 0 heterocycles. The van der Waals surface area contributed by atoms with Gasteiger partial charge in [0.25, 0.3) is 9.84 Å². The van der Waals surface area contributed by atoms with Gasteiger partial charge in [0, 0.05) is 17.9 Å². The molecular weight excluding hydrogens is 359 g/mol. The van der Waals surface area contributed by atoms with Crippen molar-refractivity contribution >= 4 is 31.5 Å². The summed E-state index contributed by atoms with van der Waals surface area (Å²) in [6.07, 6.45) is 0. The van der Waals surface area contributed by atoms with E-state index in [9.17, 15) is 21.6 Å². The molecule has 0 fully saturated rings. The van der Waals surface area contributed by atoms with Gasteiger partial charge in [-0.05, 0) is 26.0 Å². The number of para-hydroxylation sites is 1. The van der Waals surface area contributed by atoms with E-state index >= 15 is 0 Å². The Balaban J connectivity index is 3.48. The molecule has 3 nitrogen and oxygen atoms in total. The van der Waals surface area contributed by atoms with Crippen molar-refractivity contribution in [3.63, 3.8) is 0 Å². The quantitative estimate of drug-likeness (QED) is 0.756. The topological polar surface area (TPSA) is 37.4 Å². The van der Waals surface area contributed by atoms with Crippen LogP contribution in [0.25, 0.3) is 0 Å². The summed E-state index contributed by atoms with van der Waals surface area (Å²) in [6, 6.07) is 5.12. The highest BCUT2D eigenvalue weighted by Crippen LogP contribution is 2.37. The third-order valence-corrected chi connectivity index (χ3v) is 5.96. The maximum absolute atomic E-state index is 12.7. The highest BCUT2D eigenvalue weighted by molar-refractivity contribution is 9.09. The molecule has 1 rings (SSSR count). The van der Waals surface area contributed by atoms with Crippen LogP contribution in [-0.2, 0) is 9.84 Å². The standard InChI is InChI=1S/C12H15BrF3NO2S/c1-11(2,8-13)17(3)9-6-4-5-7-10(9)20(18,19)12(14,15)16/h4-7H,8H2,1-3H3. The van der Waals surface area contributed by atoms with Crippen molar-refractivity contribution in [2.24, 2.45) is 0 Å². The second kappa shape index (κ2) is 5.55. The van der Waals surface area contributed by atoms with Crippen molar-refractivity contribution in [1.29, 1.82) is 0 Å². The number of halogens is 4. The van der Waals surface area contributed by atoms with Crippen molar-refractivity contribution in [3.8, 4) is 0 Å². The first kappa shape index (κ1) is 17.3. The van der Waals surface area contributed by atoms with Crippen LogP contribution in [0, 0.1) is 0 Å². The fourth-order valence-corrected chi connectivity index (χ4v) is 2.87. The number of alkyl halides is 4. The van der Waals surface area contributed by atoms with E-state index in [0.29, 0.717) is 5.33 Å². The van der Waals surface area contributed by atoms with Crippen LogP contribution in [0.1, 0.15) is 13.8 Å². The lowest BCUT2D eigenvalue weighted by Gasteiger charge is -2.37. The maximum atomic E-state index is 12.7. The summed E-state index contributed by atoms with van der Waals surface area (Å²) in [7, 11) is -3.82. The monoisotopic (exact) mass is 373 g/mol. The average Bonchev–Trinajstić information content (AvgIpc) is 2.36. The van der Waals surface area contributed by atoms with Gasteiger partial charge in [-0.15, -0.1) is 0 Å². The van der Waals surface area contributed by atoms with E-state index in [1.165, 1.54) is 23.1 Å². The molecule has 114 valence electrons. The summed E-state index contributed by atoms with van der Waals surface area (Å²) in [6.45, 7) is 3.58. The molecule has 0 aliphatic carbocycles. The Morgan fingerprint density at radius 2 is 1.70 bits per heavy atom. The first-order valence-electron chi connectivity index (χ1n) is 5.65. The van der Waals surface area contributed by atoms with Gasteiger partial charge in [0.15, 0.2) is 0 Å². The lowest BCUT2D eigenvalue weighted by molar-refractivity contribution is -0.0435. The Bertz CT molecular complexity index is 585. The molecule has 0 aromatic heterocycles. The summed E-state index contributed by atoms with van der Waals surface area (Å²) in [5, 5.41) is 0.469. The van der Waals surface area contributed by atoms with Gasteiger partial charge in [0.05, 0.1) is 10.6 Å². The third-order valence-electron chi connectivity index (χ3n) is 3.06. The minimum absolute atomic E-state index is 0.0225. The second-order valence-electron chi connectivity index (χ2n) is 4.92. The van der Waals surface area contributed by atoms with Crippen molar-refractivity contribution in [2.45, 2.75) is 29.8 Å². The number of sulfone groups is 1. The van der Waals surface area contributed by atoms with Crippen molar-refractivity contribution < 1.29 is 21.6 Å². The molecule has 20 heavy (non-hydrogen) atoms. The average molecular weight is 374 g/mol. The fraction of sp³-hybridized carbons (Fsp3) is 0.500. The molecule has 0 radical (unpaired) electrons. The van der Waals surface area contributed by atoms with Gasteiger partial charge in [0.1, 0.15) is 0 Å². The molecule has 0 aliphatic heterocycles. The van der Waals surface area contributed by atoms with Gasteiger partial charge in [-0.25, -0.2) is 8.42 Å². The SMILES string of the molecule is CN(c1ccccc1S(=O)(=O)C(F)(F)F)C(C)(C)CBr. The highest BCUT2D eigenvalue weighted by atomic mass is 79.9. The minimum Gasteiger partial charge on any atom is -0.368 e. The van der Waals surface area contributed by atoms with Gasteiger partial charge in [-0.3, -0.25) is 0 Å². The van der Waals surface area contributed by atoms with Crippen LogP contribution >= 0.6 is 15.9 Å². The normalized spacial score (nSPS) is 13.3. The van der Waals surface area contributed by atoms with E-state index in [-0.39, 0.29) is 5.69 Å². The Morgan fingerprint density at radius 1 is 1.20 bits per heavy atom. The van der Waals surface area contributed by atoms with Crippen LogP contribution in [0.5, 0.6) is 0 Å². The number of rotatable bonds is 4. The van der Waals surface area contributed by atoms with Crippen molar-refractivity contribution in [2.75, 3.05) is 17.3 Å². The van der Waals surface area contributed by atoms with E-state index in [1.807, 2.05) is 0 Å². The molecular formula is C12H15BrF3NO2S. The maximum Gasteiger partial charge on any atom is 0.501 e. The largest absolute Gasteiger partial charge is 0.501 e. The zero-order chi connectivity index (χ0) is 15.8. The molecule has 0 saturated heterocycles. The molecule has 0 unspecified atom stereocenters. The number of benzene rings is 1. The number of nitrogens with zero attached hydrogens (tertiary/aromatic N) is 1. The predicted octanol–water partition coefficient (Wildman–Crippen LogP) is 3.59. The Morgan fingerprint density at radius 3 is 2.15 bits per heavy atom. The highest BCUT2D eigenvalue weighted by Gasteiger charge is 2.48. The van der Waals surface area contributed by atoms with Crippen molar-refractivity contribution in [3.05, 3.63) is 24.3 Å². The van der Waals surface area contributed by atoms with E-state index < -0.39 is 25.8 Å². The van der Waals surface area contributed by atoms with E-state index in [0.717, 1.165) is 6.07 Å². The summed E-state index contributed by atoms with van der Waals surface area (Å²) in [4.78, 5) is 0.782. The summed E-state index contributed by atoms with van der Waals surface area (Å²) < 4.78 is 61.4. The first-order valence-corrected chi connectivity index (χ1v) is 8.26. The number of hydrogen-bond acceptors (Lipinski definition) is 3. The van der Waals surface area contributed by atoms with Crippen LogP contribution in [0.4, 0.5) is 18.9 Å². The molecule has 0 amide bonds. The second-order valence-corrected chi connectivity index (χ2v) is 7.39. The molecule has 0 aliphatic rings. The van der Waals surface area contributed by atoms with Gasteiger partial charge < -0.3 is 4.90 Å². The zero-order valence-corrected chi connectivity index (χ0v) is 13.6. The van der Waals surface area contributed by atoms with Gasteiger partial charge in [-0.2, -0.15) is 13.2 Å². The zero-order valence-electron chi connectivity index (χ0n) is 11.2. The first-order chi connectivity index (χ1) is 8.95. The van der Waals surface area contributed by atoms with E-state index in [1.54, 1.807) is 20.9 Å². The molecule has 0 atom stereocenters. The van der Waals surface area contributed by atoms with Gasteiger partial charge in [0.2, 0.25) is 0 Å². The molecule has 8 heteroatoms. The van der Waals surface area contributed by atoms with Crippen LogP contribution in [0.3, 0.4) is 0 Å². The Labute approximate surface area is 124 Å². The van der Waals surface area contributed by atoms with Crippen LogP contribution < -0.4 is 4.90 Å². The summed E-state index contributed by atoms with van der Waals surface area (Å²) in [5.41, 5.74) is -5.84.